The van der Waals surface area contributed by atoms with Gasteiger partial charge < -0.3 is 29.2 Å². The molecule has 0 fully saturated rings. The van der Waals surface area contributed by atoms with Gasteiger partial charge in [0, 0.05) is 37.2 Å². The van der Waals surface area contributed by atoms with Crippen LogP contribution in [0.1, 0.15) is 11.1 Å². The summed E-state index contributed by atoms with van der Waals surface area (Å²) in [5, 5.41) is 3.11. The molecule has 1 atom stereocenters. The van der Waals surface area contributed by atoms with Crippen molar-refractivity contribution >= 4 is 39.1 Å². The number of hydrogen-bond donors (Lipinski definition) is 1. The molecule has 0 aliphatic heterocycles. The van der Waals surface area contributed by atoms with Crippen LogP contribution in [0.3, 0.4) is 0 Å². The summed E-state index contributed by atoms with van der Waals surface area (Å²) in [6, 6.07) is 23.9. The first-order valence-corrected chi connectivity index (χ1v) is 16.6. The summed E-state index contributed by atoms with van der Waals surface area (Å²) in [5.74, 6) is -0.0985. The lowest BCUT2D eigenvalue weighted by atomic mass is 10.0. The number of hydrogen-bond acceptors (Lipinski definition) is 8. The molecular weight excluding hydrogens is 658 g/mol. The van der Waals surface area contributed by atoms with Gasteiger partial charge in [0.1, 0.15) is 24.1 Å². The second-order valence-electron chi connectivity index (χ2n) is 10.5. The minimum Gasteiger partial charge on any atom is -0.497 e. The Morgan fingerprint density at radius 2 is 1.44 bits per heavy atom. The van der Waals surface area contributed by atoms with Crippen molar-refractivity contribution < 1.29 is 37.0 Å². The summed E-state index contributed by atoms with van der Waals surface area (Å²) in [6.45, 7) is -0.743. The normalized spacial score (nSPS) is 11.6. The zero-order chi connectivity index (χ0) is 34.8. The van der Waals surface area contributed by atoms with Crippen LogP contribution in [0.15, 0.2) is 95.9 Å². The molecule has 4 aromatic carbocycles. The fourth-order valence-electron chi connectivity index (χ4n) is 5.16. The molecule has 0 aromatic heterocycles. The SMILES string of the molecule is CNC(=O)[C@H](Cc1ccccc1)N(Cc1cccc(Cl)c1)C(=O)CN(c1cc(OC)ccc1OC)S(=O)(=O)c1ccc(OC)c(OC)c1. The molecule has 11 nitrogen and oxygen atoms in total. The number of rotatable bonds is 15. The van der Waals surface area contributed by atoms with Gasteiger partial charge in [-0.2, -0.15) is 0 Å². The second-order valence-corrected chi connectivity index (χ2v) is 12.8. The molecule has 254 valence electrons. The number of nitrogens with zero attached hydrogens (tertiary/aromatic N) is 2. The molecule has 13 heteroatoms. The highest BCUT2D eigenvalue weighted by molar-refractivity contribution is 7.92. The van der Waals surface area contributed by atoms with Crippen LogP contribution < -0.4 is 28.6 Å². The van der Waals surface area contributed by atoms with Crippen LogP contribution in [-0.2, 0) is 32.6 Å². The Kier molecular flexibility index (Phi) is 12.2. The van der Waals surface area contributed by atoms with E-state index in [0.29, 0.717) is 22.1 Å². The maximum absolute atomic E-state index is 14.6. The maximum atomic E-state index is 14.6. The van der Waals surface area contributed by atoms with Gasteiger partial charge in [0.25, 0.3) is 10.0 Å². The van der Waals surface area contributed by atoms with Crippen LogP contribution >= 0.6 is 11.6 Å². The number of methoxy groups -OCH3 is 4. The minimum absolute atomic E-state index is 0.0379. The zero-order valence-corrected chi connectivity index (χ0v) is 28.9. The maximum Gasteiger partial charge on any atom is 0.265 e. The van der Waals surface area contributed by atoms with Crippen molar-refractivity contribution in [2.24, 2.45) is 0 Å². The van der Waals surface area contributed by atoms with Crippen LogP contribution in [0.4, 0.5) is 5.69 Å². The average Bonchev–Trinajstić information content (AvgIpc) is 3.11. The minimum atomic E-state index is -4.49. The van der Waals surface area contributed by atoms with E-state index in [4.69, 9.17) is 30.5 Å². The van der Waals surface area contributed by atoms with Gasteiger partial charge in [-0.3, -0.25) is 13.9 Å². The van der Waals surface area contributed by atoms with Crippen molar-refractivity contribution in [3.8, 4) is 23.0 Å². The Labute approximate surface area is 286 Å². The third kappa shape index (κ3) is 8.31. The predicted molar refractivity (Wildman–Crippen MR) is 184 cm³/mol. The summed E-state index contributed by atoms with van der Waals surface area (Å²) in [5.41, 5.74) is 1.49. The molecule has 0 saturated heterocycles. The van der Waals surface area contributed by atoms with Crippen molar-refractivity contribution in [2.75, 3.05) is 46.3 Å². The summed E-state index contributed by atoms with van der Waals surface area (Å²) in [4.78, 5) is 29.3. The summed E-state index contributed by atoms with van der Waals surface area (Å²) >= 11 is 6.29. The Morgan fingerprint density at radius 1 is 0.771 bits per heavy atom. The molecule has 1 N–H and O–H groups in total. The molecule has 0 aliphatic carbocycles. The zero-order valence-electron chi connectivity index (χ0n) is 27.3. The lowest BCUT2D eigenvalue weighted by molar-refractivity contribution is -0.139. The number of halogens is 1. The monoisotopic (exact) mass is 695 g/mol. The van der Waals surface area contributed by atoms with Gasteiger partial charge in [-0.1, -0.05) is 54.1 Å². The molecule has 0 spiro atoms. The number of amides is 2. The standard InChI is InChI=1S/C35H38ClN3O8S/c1-37-35(41)30(19-24-10-7-6-8-11-24)38(22-25-12-9-13-26(36)18-25)34(40)23-39(29-20-27(44-2)14-16-31(29)45-3)48(42,43)28-15-17-32(46-4)33(21-28)47-5/h6-18,20-21,30H,19,22-23H2,1-5H3,(H,37,41)/t30-/m0/s1. The highest BCUT2D eigenvalue weighted by Crippen LogP contribution is 2.38. The highest BCUT2D eigenvalue weighted by Gasteiger charge is 2.36. The van der Waals surface area contributed by atoms with Crippen molar-refractivity contribution in [1.82, 2.24) is 10.2 Å². The van der Waals surface area contributed by atoms with Gasteiger partial charge in [0.05, 0.1) is 39.0 Å². The topological polar surface area (TPSA) is 124 Å². The summed E-state index contributed by atoms with van der Waals surface area (Å²) in [7, 11) is 2.64. The molecule has 0 unspecified atom stereocenters. The van der Waals surface area contributed by atoms with Gasteiger partial charge >= 0.3 is 0 Å². The third-order valence-electron chi connectivity index (χ3n) is 7.64. The van der Waals surface area contributed by atoms with Gasteiger partial charge in [-0.15, -0.1) is 0 Å². The van der Waals surface area contributed by atoms with E-state index in [9.17, 15) is 18.0 Å². The smallest absolute Gasteiger partial charge is 0.265 e. The highest BCUT2D eigenvalue weighted by atomic mass is 35.5. The first kappa shape index (κ1) is 35.9. The van der Waals surface area contributed by atoms with Gasteiger partial charge in [-0.25, -0.2) is 8.42 Å². The number of carbonyl (C=O) groups excluding carboxylic acids is 2. The lowest BCUT2D eigenvalue weighted by Crippen LogP contribution is -2.53. The molecule has 0 bridgehead atoms. The van der Waals surface area contributed by atoms with E-state index in [-0.39, 0.29) is 35.0 Å². The number of sulfonamides is 1. The van der Waals surface area contributed by atoms with E-state index in [0.717, 1.165) is 9.87 Å². The second kappa shape index (κ2) is 16.2. The molecule has 0 saturated carbocycles. The Morgan fingerprint density at radius 3 is 2.06 bits per heavy atom. The van der Waals surface area contributed by atoms with Crippen molar-refractivity contribution in [1.29, 1.82) is 0 Å². The molecule has 4 aromatic rings. The van der Waals surface area contributed by atoms with Gasteiger partial charge in [-0.05, 0) is 47.5 Å². The van der Waals surface area contributed by atoms with Crippen molar-refractivity contribution in [3.63, 3.8) is 0 Å². The van der Waals surface area contributed by atoms with E-state index in [2.05, 4.69) is 5.32 Å². The first-order valence-electron chi connectivity index (χ1n) is 14.8. The quantitative estimate of drug-likeness (QED) is 0.185. The molecule has 4 rings (SSSR count). The van der Waals surface area contributed by atoms with E-state index in [1.165, 1.54) is 64.7 Å². The molecular formula is C35H38ClN3O8S. The van der Waals surface area contributed by atoms with Crippen LogP contribution in [-0.4, -0.2) is 73.2 Å². The fourth-order valence-corrected chi connectivity index (χ4v) is 6.81. The van der Waals surface area contributed by atoms with Crippen LogP contribution in [0.5, 0.6) is 23.0 Å². The van der Waals surface area contributed by atoms with Crippen molar-refractivity contribution in [2.45, 2.75) is 23.9 Å². The van der Waals surface area contributed by atoms with Crippen molar-refractivity contribution in [3.05, 3.63) is 107 Å². The van der Waals surface area contributed by atoms with Crippen LogP contribution in [0.25, 0.3) is 0 Å². The number of nitrogens with one attached hydrogen (secondary N) is 1. The Bertz CT molecular complexity index is 1840. The molecule has 2 amide bonds. The summed E-state index contributed by atoms with van der Waals surface area (Å²) < 4.78 is 51.7. The van der Waals surface area contributed by atoms with E-state index in [1.807, 2.05) is 30.3 Å². The molecule has 0 heterocycles. The lowest BCUT2D eigenvalue weighted by Gasteiger charge is -2.34. The molecule has 48 heavy (non-hydrogen) atoms. The number of anilines is 1. The fraction of sp³-hybridized carbons (Fsp3) is 0.257. The number of carbonyl (C=O) groups is 2. The first-order chi connectivity index (χ1) is 23.1. The van der Waals surface area contributed by atoms with E-state index in [1.54, 1.807) is 36.4 Å². The number of likely N-dealkylation sites (N-methyl/N-ethyl adjacent to an activating group) is 1. The molecule has 0 aliphatic rings. The Balaban J connectivity index is 1.88. The van der Waals surface area contributed by atoms with Crippen LogP contribution in [0.2, 0.25) is 5.02 Å². The van der Waals surface area contributed by atoms with E-state index >= 15 is 0 Å². The van der Waals surface area contributed by atoms with Gasteiger partial charge in [0.2, 0.25) is 11.8 Å². The average molecular weight is 696 g/mol. The summed E-state index contributed by atoms with van der Waals surface area (Å²) in [6.07, 6.45) is 0.164. The Hall–Kier alpha value is -4.94. The number of benzene rings is 4. The third-order valence-corrected chi connectivity index (χ3v) is 9.63. The van der Waals surface area contributed by atoms with E-state index < -0.39 is 34.4 Å². The number of ether oxygens (including phenoxy) is 4. The molecule has 0 radical (unpaired) electrons. The van der Waals surface area contributed by atoms with Crippen LogP contribution in [0, 0.1) is 0 Å². The van der Waals surface area contributed by atoms with Gasteiger partial charge in [0.15, 0.2) is 11.5 Å². The predicted octanol–water partition coefficient (Wildman–Crippen LogP) is 4.96. The largest absolute Gasteiger partial charge is 0.497 e.